The fourth-order valence-electron chi connectivity index (χ4n) is 3.82. The summed E-state index contributed by atoms with van der Waals surface area (Å²) < 4.78 is 18.8. The van der Waals surface area contributed by atoms with Crippen LogP contribution in [0.25, 0.3) is 10.9 Å². The maximum Gasteiger partial charge on any atom is 0.340 e. The summed E-state index contributed by atoms with van der Waals surface area (Å²) in [6.07, 6.45) is 0.0877. The molecule has 1 N–H and O–H groups in total. The minimum Gasteiger partial charge on any atom is -0.449 e. The number of carbonyl (C=O) groups excluding carboxylic acids is 2. The van der Waals surface area contributed by atoms with Crippen molar-refractivity contribution in [2.75, 3.05) is 18.9 Å². The van der Waals surface area contributed by atoms with Crippen LogP contribution in [-0.2, 0) is 22.5 Å². The Labute approximate surface area is 180 Å². The largest absolute Gasteiger partial charge is 0.449 e. The van der Waals surface area contributed by atoms with Crippen LogP contribution in [0.4, 0.5) is 10.1 Å². The topological polar surface area (TPSA) is 71.5 Å². The quantitative estimate of drug-likeness (QED) is 0.632. The standard InChI is InChI=1S/C24H24FN3O3/c1-3-21(23(29)26-16-10-8-15(25)9-11-16)31-24(30)22-17-6-4-5-7-19(17)27-20-12-13-28(2)14-18(20)22/h4-11,21H,3,12-14H2,1-2H3,(H,26,29). The second-order valence-electron chi connectivity index (χ2n) is 7.72. The van der Waals surface area contributed by atoms with Gasteiger partial charge in [-0.15, -0.1) is 0 Å². The summed E-state index contributed by atoms with van der Waals surface area (Å²) in [7, 11) is 2.00. The third kappa shape index (κ3) is 4.41. The Hall–Kier alpha value is -3.32. The lowest BCUT2D eigenvalue weighted by Crippen LogP contribution is -2.34. The summed E-state index contributed by atoms with van der Waals surface area (Å²) in [6, 6.07) is 12.9. The van der Waals surface area contributed by atoms with Gasteiger partial charge in [-0.2, -0.15) is 0 Å². The summed E-state index contributed by atoms with van der Waals surface area (Å²) in [4.78, 5) is 32.9. The molecule has 1 amide bonds. The lowest BCUT2D eigenvalue weighted by molar-refractivity contribution is -0.124. The van der Waals surface area contributed by atoms with Crippen molar-refractivity contribution >= 4 is 28.5 Å². The Morgan fingerprint density at radius 1 is 1.19 bits per heavy atom. The molecule has 3 aromatic rings. The van der Waals surface area contributed by atoms with Crippen LogP contribution in [0.3, 0.4) is 0 Å². The molecule has 0 saturated carbocycles. The summed E-state index contributed by atoms with van der Waals surface area (Å²) in [5, 5.41) is 3.40. The zero-order valence-corrected chi connectivity index (χ0v) is 17.5. The Morgan fingerprint density at radius 3 is 2.68 bits per heavy atom. The average molecular weight is 421 g/mol. The summed E-state index contributed by atoms with van der Waals surface area (Å²) in [6.45, 7) is 3.23. The lowest BCUT2D eigenvalue weighted by atomic mass is 9.96. The molecule has 0 bridgehead atoms. The maximum atomic E-state index is 13.3. The van der Waals surface area contributed by atoms with Crippen molar-refractivity contribution in [3.63, 3.8) is 0 Å². The number of nitrogens with zero attached hydrogens (tertiary/aromatic N) is 2. The fourth-order valence-corrected chi connectivity index (χ4v) is 3.82. The molecule has 0 saturated heterocycles. The number of hydrogen-bond acceptors (Lipinski definition) is 5. The Morgan fingerprint density at radius 2 is 1.94 bits per heavy atom. The molecule has 6 nitrogen and oxygen atoms in total. The number of nitrogens with one attached hydrogen (secondary N) is 1. The number of ether oxygens (including phenoxy) is 1. The number of rotatable bonds is 5. The number of carbonyl (C=O) groups is 2. The van der Waals surface area contributed by atoms with E-state index in [9.17, 15) is 14.0 Å². The van der Waals surface area contributed by atoms with Crippen molar-refractivity contribution in [3.8, 4) is 0 Å². The van der Waals surface area contributed by atoms with Gasteiger partial charge in [-0.05, 0) is 43.8 Å². The first-order valence-electron chi connectivity index (χ1n) is 10.3. The van der Waals surface area contributed by atoms with Crippen molar-refractivity contribution in [2.45, 2.75) is 32.4 Å². The van der Waals surface area contributed by atoms with E-state index in [-0.39, 0.29) is 0 Å². The molecule has 2 aromatic carbocycles. The highest BCUT2D eigenvalue weighted by atomic mass is 19.1. The number of anilines is 1. The Kier molecular flexibility index (Phi) is 5.95. The van der Waals surface area contributed by atoms with E-state index in [1.54, 1.807) is 6.92 Å². The summed E-state index contributed by atoms with van der Waals surface area (Å²) >= 11 is 0. The predicted octanol–water partition coefficient (Wildman–Crippen LogP) is 3.94. The molecule has 0 radical (unpaired) electrons. The molecule has 1 atom stereocenters. The summed E-state index contributed by atoms with van der Waals surface area (Å²) in [5.41, 5.74) is 3.40. The van der Waals surface area contributed by atoms with Crippen molar-refractivity contribution in [3.05, 3.63) is 71.2 Å². The molecule has 1 aromatic heterocycles. The first kappa shape index (κ1) is 20.9. The molecule has 1 aliphatic heterocycles. The van der Waals surface area contributed by atoms with Gasteiger partial charge in [-0.25, -0.2) is 9.18 Å². The van der Waals surface area contributed by atoms with Gasteiger partial charge < -0.3 is 15.0 Å². The number of hydrogen-bond donors (Lipinski definition) is 1. The van der Waals surface area contributed by atoms with E-state index in [0.29, 0.717) is 24.2 Å². The highest BCUT2D eigenvalue weighted by Crippen LogP contribution is 2.29. The average Bonchev–Trinajstić information content (AvgIpc) is 2.77. The number of fused-ring (bicyclic) bond motifs is 2. The van der Waals surface area contributed by atoms with Crippen molar-refractivity contribution < 1.29 is 18.7 Å². The highest BCUT2D eigenvalue weighted by Gasteiger charge is 2.28. The molecule has 1 aliphatic rings. The monoisotopic (exact) mass is 421 g/mol. The predicted molar refractivity (Wildman–Crippen MR) is 116 cm³/mol. The number of aromatic nitrogens is 1. The number of benzene rings is 2. The number of amides is 1. The van der Waals surface area contributed by atoms with E-state index in [0.717, 1.165) is 35.1 Å². The number of pyridine rings is 1. The molecule has 160 valence electrons. The van der Waals surface area contributed by atoms with E-state index < -0.39 is 23.8 Å². The molecule has 0 aliphatic carbocycles. The minimum atomic E-state index is -0.971. The molecule has 0 fully saturated rings. The second kappa shape index (κ2) is 8.81. The van der Waals surface area contributed by atoms with Gasteiger partial charge in [0.2, 0.25) is 0 Å². The maximum absolute atomic E-state index is 13.3. The fraction of sp³-hybridized carbons (Fsp3) is 0.292. The van der Waals surface area contributed by atoms with Gasteiger partial charge in [0.15, 0.2) is 6.10 Å². The molecule has 31 heavy (non-hydrogen) atoms. The van der Waals surface area contributed by atoms with Crippen LogP contribution in [0.5, 0.6) is 0 Å². The zero-order valence-electron chi connectivity index (χ0n) is 17.5. The molecule has 2 heterocycles. The molecule has 1 unspecified atom stereocenters. The van der Waals surface area contributed by atoms with Crippen molar-refractivity contribution in [1.82, 2.24) is 9.88 Å². The molecular weight excluding hydrogens is 397 g/mol. The third-order valence-corrected chi connectivity index (χ3v) is 5.47. The van der Waals surface area contributed by atoms with E-state index >= 15 is 0 Å². The Balaban J connectivity index is 1.63. The molecule has 7 heteroatoms. The SMILES string of the molecule is CCC(OC(=O)c1c2c(nc3ccccc13)CCN(C)C2)C(=O)Nc1ccc(F)cc1. The lowest BCUT2D eigenvalue weighted by Gasteiger charge is -2.27. The Bertz CT molecular complexity index is 1130. The van der Waals surface area contributed by atoms with Crippen LogP contribution in [-0.4, -0.2) is 41.5 Å². The van der Waals surface area contributed by atoms with Gasteiger partial charge in [0.1, 0.15) is 5.82 Å². The number of para-hydroxylation sites is 1. The molecule has 0 spiro atoms. The first-order valence-corrected chi connectivity index (χ1v) is 10.3. The number of esters is 1. The van der Waals surface area contributed by atoms with Crippen LogP contribution in [0.2, 0.25) is 0 Å². The normalized spacial score (nSPS) is 14.7. The number of halogens is 1. The van der Waals surface area contributed by atoms with Gasteiger partial charge >= 0.3 is 5.97 Å². The van der Waals surface area contributed by atoms with Gasteiger partial charge in [0.25, 0.3) is 5.91 Å². The van der Waals surface area contributed by atoms with Gasteiger partial charge in [0.05, 0.1) is 11.1 Å². The van der Waals surface area contributed by atoms with Gasteiger partial charge in [-0.3, -0.25) is 9.78 Å². The van der Waals surface area contributed by atoms with E-state index in [2.05, 4.69) is 10.2 Å². The van der Waals surface area contributed by atoms with Crippen LogP contribution >= 0.6 is 0 Å². The summed E-state index contributed by atoms with van der Waals surface area (Å²) in [5.74, 6) is -1.38. The van der Waals surface area contributed by atoms with Crippen molar-refractivity contribution in [1.29, 1.82) is 0 Å². The van der Waals surface area contributed by atoms with Crippen LogP contribution in [0, 0.1) is 5.82 Å². The van der Waals surface area contributed by atoms with Crippen LogP contribution in [0.15, 0.2) is 48.5 Å². The van der Waals surface area contributed by atoms with Crippen molar-refractivity contribution in [2.24, 2.45) is 0 Å². The van der Waals surface area contributed by atoms with E-state index in [4.69, 9.17) is 9.72 Å². The van der Waals surface area contributed by atoms with E-state index in [1.165, 1.54) is 24.3 Å². The second-order valence-corrected chi connectivity index (χ2v) is 7.72. The van der Waals surface area contributed by atoms with Crippen LogP contribution < -0.4 is 5.32 Å². The highest BCUT2D eigenvalue weighted by molar-refractivity contribution is 6.06. The first-order chi connectivity index (χ1) is 15.0. The minimum absolute atomic E-state index is 0.309. The van der Waals surface area contributed by atoms with E-state index in [1.807, 2.05) is 31.3 Å². The molecule has 4 rings (SSSR count). The number of likely N-dealkylation sites (N-methyl/N-ethyl adjacent to an activating group) is 1. The smallest absolute Gasteiger partial charge is 0.340 e. The van der Waals surface area contributed by atoms with Gasteiger partial charge in [0, 0.05) is 41.8 Å². The molecular formula is C24H24FN3O3. The van der Waals surface area contributed by atoms with Crippen LogP contribution in [0.1, 0.15) is 35.0 Å². The zero-order chi connectivity index (χ0) is 22.0. The van der Waals surface area contributed by atoms with Gasteiger partial charge in [-0.1, -0.05) is 25.1 Å². The third-order valence-electron chi connectivity index (χ3n) is 5.47.